The molecule has 0 atom stereocenters. The van der Waals surface area contributed by atoms with Crippen LogP contribution in [0.3, 0.4) is 0 Å². The molecule has 4 heteroatoms. The van der Waals surface area contributed by atoms with E-state index in [4.69, 9.17) is 0 Å². The molecule has 23 heavy (non-hydrogen) atoms. The first-order valence-corrected chi connectivity index (χ1v) is 9.25. The summed E-state index contributed by atoms with van der Waals surface area (Å²) in [5.74, 6) is 0. The molecule has 0 spiro atoms. The largest absolute Gasteiger partial charge is 0.368 e. The van der Waals surface area contributed by atoms with E-state index in [9.17, 15) is 0 Å². The van der Waals surface area contributed by atoms with E-state index < -0.39 is 0 Å². The fourth-order valence-electron chi connectivity index (χ4n) is 3.91. The van der Waals surface area contributed by atoms with Gasteiger partial charge in [-0.2, -0.15) is 0 Å². The van der Waals surface area contributed by atoms with Gasteiger partial charge in [-0.25, -0.2) is 0 Å². The third kappa shape index (κ3) is 3.29. The molecule has 1 aromatic carbocycles. The van der Waals surface area contributed by atoms with Gasteiger partial charge in [-0.3, -0.25) is 9.88 Å². The Kier molecular flexibility index (Phi) is 4.36. The molecule has 3 heterocycles. The first-order chi connectivity index (χ1) is 11.3. The first kappa shape index (κ1) is 15.2. The van der Waals surface area contributed by atoms with E-state index >= 15 is 0 Å². The Bertz CT molecular complexity index is 666. The molecule has 2 aliphatic rings. The summed E-state index contributed by atoms with van der Waals surface area (Å²) in [6.45, 7) is 4.62. The second-order valence-electron chi connectivity index (χ2n) is 6.58. The molecular weight excluding hydrogens is 350 g/mol. The first-order valence-electron chi connectivity index (χ1n) is 8.46. The molecule has 0 saturated carbocycles. The topological polar surface area (TPSA) is 19.4 Å². The second-order valence-corrected chi connectivity index (χ2v) is 7.49. The van der Waals surface area contributed by atoms with Crippen molar-refractivity contribution in [1.82, 2.24) is 9.88 Å². The normalized spacial score (nSPS) is 19.1. The summed E-state index contributed by atoms with van der Waals surface area (Å²) >= 11 is 3.59. The summed E-state index contributed by atoms with van der Waals surface area (Å²) in [5, 5.41) is 0. The standard InChI is InChI=1S/C19H22BrN3/c20-17-1-2-19-16(13-17)5-12-23(19)18-6-10-22(11-7-18)14-15-3-8-21-9-4-15/h1-4,8-9,13,18H,5-7,10-12,14H2. The van der Waals surface area contributed by atoms with Crippen LogP contribution in [0.2, 0.25) is 0 Å². The van der Waals surface area contributed by atoms with Gasteiger partial charge in [-0.05, 0) is 60.7 Å². The van der Waals surface area contributed by atoms with Gasteiger partial charge in [-0.1, -0.05) is 15.9 Å². The summed E-state index contributed by atoms with van der Waals surface area (Å²) in [5.41, 5.74) is 4.33. The molecule has 0 N–H and O–H groups in total. The van der Waals surface area contributed by atoms with Crippen LogP contribution in [0.1, 0.15) is 24.0 Å². The van der Waals surface area contributed by atoms with Crippen molar-refractivity contribution >= 4 is 21.6 Å². The zero-order valence-corrected chi connectivity index (χ0v) is 14.9. The SMILES string of the molecule is Brc1ccc2c(c1)CCN2C1CCN(Cc2ccncc2)CC1. The van der Waals surface area contributed by atoms with Crippen molar-refractivity contribution in [2.24, 2.45) is 0 Å². The number of nitrogens with zero attached hydrogens (tertiary/aromatic N) is 3. The monoisotopic (exact) mass is 371 g/mol. The fraction of sp³-hybridized carbons (Fsp3) is 0.421. The maximum Gasteiger partial charge on any atom is 0.0402 e. The molecule has 120 valence electrons. The van der Waals surface area contributed by atoms with Crippen LogP contribution in [0.25, 0.3) is 0 Å². The number of hydrogen-bond acceptors (Lipinski definition) is 3. The average molecular weight is 372 g/mol. The maximum absolute atomic E-state index is 4.10. The third-order valence-electron chi connectivity index (χ3n) is 5.13. The van der Waals surface area contributed by atoms with Gasteiger partial charge >= 0.3 is 0 Å². The molecule has 0 aliphatic carbocycles. The van der Waals surface area contributed by atoms with E-state index in [0.717, 1.165) is 6.54 Å². The number of rotatable bonds is 3. The zero-order chi connectivity index (χ0) is 15.6. The number of pyridine rings is 1. The van der Waals surface area contributed by atoms with Crippen molar-refractivity contribution in [2.75, 3.05) is 24.5 Å². The van der Waals surface area contributed by atoms with E-state index in [-0.39, 0.29) is 0 Å². The quantitative estimate of drug-likeness (QED) is 0.816. The van der Waals surface area contributed by atoms with Crippen LogP contribution in [0.4, 0.5) is 5.69 Å². The molecule has 0 amide bonds. The highest BCUT2D eigenvalue weighted by Gasteiger charge is 2.29. The van der Waals surface area contributed by atoms with Gasteiger partial charge in [0.15, 0.2) is 0 Å². The number of fused-ring (bicyclic) bond motifs is 1. The lowest BCUT2D eigenvalue weighted by Crippen LogP contribution is -2.44. The molecule has 3 nitrogen and oxygen atoms in total. The Hall–Kier alpha value is -1.39. The Morgan fingerprint density at radius 1 is 1.04 bits per heavy atom. The molecule has 1 saturated heterocycles. The lowest BCUT2D eigenvalue weighted by molar-refractivity contribution is 0.202. The van der Waals surface area contributed by atoms with Gasteiger partial charge in [0, 0.05) is 54.8 Å². The van der Waals surface area contributed by atoms with Crippen molar-refractivity contribution in [1.29, 1.82) is 0 Å². The van der Waals surface area contributed by atoms with Crippen molar-refractivity contribution in [3.05, 3.63) is 58.3 Å². The number of anilines is 1. The second kappa shape index (κ2) is 6.62. The van der Waals surface area contributed by atoms with Gasteiger partial charge < -0.3 is 4.90 Å². The van der Waals surface area contributed by atoms with E-state index in [0.29, 0.717) is 6.04 Å². The van der Waals surface area contributed by atoms with Gasteiger partial charge in [-0.15, -0.1) is 0 Å². The van der Waals surface area contributed by atoms with Crippen LogP contribution >= 0.6 is 15.9 Å². The van der Waals surface area contributed by atoms with Gasteiger partial charge in [0.2, 0.25) is 0 Å². The van der Waals surface area contributed by atoms with Crippen LogP contribution in [0.15, 0.2) is 47.2 Å². The highest BCUT2D eigenvalue weighted by molar-refractivity contribution is 9.10. The summed E-state index contributed by atoms with van der Waals surface area (Å²) in [4.78, 5) is 9.32. The molecular formula is C19H22BrN3. The van der Waals surface area contributed by atoms with Crippen LogP contribution in [-0.2, 0) is 13.0 Å². The minimum atomic E-state index is 0.700. The molecule has 0 unspecified atom stereocenters. The van der Waals surface area contributed by atoms with Crippen molar-refractivity contribution < 1.29 is 0 Å². The summed E-state index contributed by atoms with van der Waals surface area (Å²) < 4.78 is 1.20. The Balaban J connectivity index is 1.37. The third-order valence-corrected chi connectivity index (χ3v) is 5.62. The molecule has 1 fully saturated rings. The van der Waals surface area contributed by atoms with Gasteiger partial charge in [0.1, 0.15) is 0 Å². The molecule has 4 rings (SSSR count). The fourth-order valence-corrected chi connectivity index (χ4v) is 4.32. The van der Waals surface area contributed by atoms with Crippen molar-refractivity contribution in [3.63, 3.8) is 0 Å². The van der Waals surface area contributed by atoms with Gasteiger partial charge in [0.05, 0.1) is 0 Å². The zero-order valence-electron chi connectivity index (χ0n) is 13.3. The lowest BCUT2D eigenvalue weighted by atomic mass is 10.0. The van der Waals surface area contributed by atoms with Crippen LogP contribution in [-0.4, -0.2) is 35.6 Å². The van der Waals surface area contributed by atoms with Crippen LogP contribution in [0.5, 0.6) is 0 Å². The summed E-state index contributed by atoms with van der Waals surface area (Å²) in [6, 6.07) is 11.7. The van der Waals surface area contributed by atoms with Crippen molar-refractivity contribution in [2.45, 2.75) is 31.8 Å². The number of aromatic nitrogens is 1. The van der Waals surface area contributed by atoms with Crippen molar-refractivity contribution in [3.8, 4) is 0 Å². The summed E-state index contributed by atoms with van der Waals surface area (Å²) in [6.07, 6.45) is 7.50. The van der Waals surface area contributed by atoms with Gasteiger partial charge in [0.25, 0.3) is 0 Å². The maximum atomic E-state index is 4.10. The molecule has 0 bridgehead atoms. The van der Waals surface area contributed by atoms with E-state index in [1.165, 1.54) is 60.2 Å². The number of benzene rings is 1. The van der Waals surface area contributed by atoms with E-state index in [2.05, 4.69) is 61.0 Å². The molecule has 2 aromatic rings. The number of hydrogen-bond donors (Lipinski definition) is 0. The predicted octanol–water partition coefficient (Wildman–Crippen LogP) is 3.87. The van der Waals surface area contributed by atoms with Crippen LogP contribution < -0.4 is 4.90 Å². The smallest absolute Gasteiger partial charge is 0.0402 e. The molecule has 2 aliphatic heterocycles. The minimum Gasteiger partial charge on any atom is -0.368 e. The Morgan fingerprint density at radius 2 is 1.83 bits per heavy atom. The number of piperidine rings is 1. The Morgan fingerprint density at radius 3 is 2.61 bits per heavy atom. The molecule has 1 aromatic heterocycles. The number of halogens is 1. The lowest BCUT2D eigenvalue weighted by Gasteiger charge is -2.38. The highest BCUT2D eigenvalue weighted by Crippen LogP contribution is 2.34. The predicted molar refractivity (Wildman–Crippen MR) is 97.7 cm³/mol. The minimum absolute atomic E-state index is 0.700. The summed E-state index contributed by atoms with van der Waals surface area (Å²) in [7, 11) is 0. The van der Waals surface area contributed by atoms with E-state index in [1.54, 1.807) is 0 Å². The molecule has 0 radical (unpaired) electrons. The highest BCUT2D eigenvalue weighted by atomic mass is 79.9. The number of likely N-dealkylation sites (tertiary alicyclic amines) is 1. The van der Waals surface area contributed by atoms with Crippen LogP contribution in [0, 0.1) is 0 Å². The Labute approximate surface area is 146 Å². The van der Waals surface area contributed by atoms with E-state index in [1.807, 2.05) is 12.4 Å². The average Bonchev–Trinajstić information content (AvgIpc) is 2.99.